The predicted octanol–water partition coefficient (Wildman–Crippen LogP) is 5.05. The fraction of sp³-hybridized carbons (Fsp3) is 0.333. The van der Waals surface area contributed by atoms with Gasteiger partial charge in [0.15, 0.2) is 0 Å². The molecule has 0 saturated carbocycles. The summed E-state index contributed by atoms with van der Waals surface area (Å²) in [5.41, 5.74) is 4.90. The van der Waals surface area contributed by atoms with Gasteiger partial charge in [-0.05, 0) is 49.6 Å². The van der Waals surface area contributed by atoms with E-state index in [0.29, 0.717) is 0 Å². The Hall–Kier alpha value is -1.31. The van der Waals surface area contributed by atoms with Crippen LogP contribution in [0.2, 0.25) is 5.02 Å². The normalized spacial score (nSPS) is 12.4. The molecule has 0 aliphatic rings. The summed E-state index contributed by atoms with van der Waals surface area (Å²) in [5.74, 6) is 0. The summed E-state index contributed by atoms with van der Waals surface area (Å²) in [6.07, 6.45) is 1.11. The van der Waals surface area contributed by atoms with Crippen LogP contribution in [0.25, 0.3) is 0 Å². The molecule has 2 aromatic carbocycles. The van der Waals surface area contributed by atoms with Gasteiger partial charge in [-0.2, -0.15) is 0 Å². The quantitative estimate of drug-likeness (QED) is 0.812. The summed E-state index contributed by atoms with van der Waals surface area (Å²) >= 11 is 6.28. The van der Waals surface area contributed by atoms with Gasteiger partial charge in [-0.1, -0.05) is 60.5 Å². The van der Waals surface area contributed by atoms with E-state index in [4.69, 9.17) is 11.6 Å². The van der Waals surface area contributed by atoms with Gasteiger partial charge in [0, 0.05) is 5.02 Å². The standard InChI is InChI=1S/C18H22ClN/c1-4-11-20-18(15-8-5-13(2)6-9-15)16-10-7-14(3)17(19)12-16/h5-10,12,18,20H,4,11H2,1-3H3. The molecule has 2 aromatic rings. The Morgan fingerprint density at radius 3 is 2.25 bits per heavy atom. The van der Waals surface area contributed by atoms with E-state index in [2.05, 4.69) is 61.6 Å². The fourth-order valence-electron chi connectivity index (χ4n) is 2.26. The van der Waals surface area contributed by atoms with E-state index >= 15 is 0 Å². The molecule has 0 bridgehead atoms. The van der Waals surface area contributed by atoms with Crippen molar-refractivity contribution < 1.29 is 0 Å². The molecule has 1 atom stereocenters. The molecule has 1 N–H and O–H groups in total. The fourth-order valence-corrected chi connectivity index (χ4v) is 2.45. The van der Waals surface area contributed by atoms with Crippen LogP contribution in [0.4, 0.5) is 0 Å². The van der Waals surface area contributed by atoms with Gasteiger partial charge in [0.25, 0.3) is 0 Å². The molecule has 0 aliphatic carbocycles. The van der Waals surface area contributed by atoms with E-state index in [0.717, 1.165) is 23.6 Å². The SMILES string of the molecule is CCCNC(c1ccc(C)cc1)c1ccc(C)c(Cl)c1. The first-order valence-electron chi connectivity index (χ1n) is 7.18. The zero-order chi connectivity index (χ0) is 14.5. The van der Waals surface area contributed by atoms with Crippen LogP contribution in [-0.4, -0.2) is 6.54 Å². The Morgan fingerprint density at radius 2 is 1.65 bits per heavy atom. The van der Waals surface area contributed by atoms with Gasteiger partial charge in [0.05, 0.1) is 6.04 Å². The second-order valence-corrected chi connectivity index (χ2v) is 5.71. The molecule has 20 heavy (non-hydrogen) atoms. The summed E-state index contributed by atoms with van der Waals surface area (Å²) in [6, 6.07) is 15.2. The minimum absolute atomic E-state index is 0.202. The zero-order valence-electron chi connectivity index (χ0n) is 12.4. The first-order valence-corrected chi connectivity index (χ1v) is 7.55. The third-order valence-electron chi connectivity index (χ3n) is 3.54. The van der Waals surface area contributed by atoms with Gasteiger partial charge < -0.3 is 5.32 Å². The maximum absolute atomic E-state index is 6.28. The van der Waals surface area contributed by atoms with E-state index in [1.54, 1.807) is 0 Å². The summed E-state index contributed by atoms with van der Waals surface area (Å²) in [5, 5.41) is 4.44. The molecular formula is C18H22ClN. The number of rotatable bonds is 5. The lowest BCUT2D eigenvalue weighted by atomic mass is 9.97. The highest BCUT2D eigenvalue weighted by Gasteiger charge is 2.14. The number of aryl methyl sites for hydroxylation is 2. The number of benzene rings is 2. The first-order chi connectivity index (χ1) is 9.61. The van der Waals surface area contributed by atoms with Crippen LogP contribution in [0.3, 0.4) is 0 Å². The van der Waals surface area contributed by atoms with Crippen molar-refractivity contribution in [2.45, 2.75) is 33.2 Å². The van der Waals surface area contributed by atoms with Crippen molar-refractivity contribution in [3.63, 3.8) is 0 Å². The molecular weight excluding hydrogens is 266 g/mol. The van der Waals surface area contributed by atoms with E-state index in [1.165, 1.54) is 16.7 Å². The van der Waals surface area contributed by atoms with E-state index < -0.39 is 0 Å². The van der Waals surface area contributed by atoms with Crippen molar-refractivity contribution in [3.05, 3.63) is 69.7 Å². The monoisotopic (exact) mass is 287 g/mol. The Bertz CT molecular complexity index is 560. The largest absolute Gasteiger partial charge is 0.306 e. The van der Waals surface area contributed by atoms with E-state index in [9.17, 15) is 0 Å². The average molecular weight is 288 g/mol. The molecule has 0 radical (unpaired) electrons. The topological polar surface area (TPSA) is 12.0 Å². The lowest BCUT2D eigenvalue weighted by molar-refractivity contribution is 0.598. The van der Waals surface area contributed by atoms with Crippen molar-refractivity contribution in [1.29, 1.82) is 0 Å². The van der Waals surface area contributed by atoms with Crippen molar-refractivity contribution in [2.75, 3.05) is 6.54 Å². The molecule has 1 nitrogen and oxygen atoms in total. The highest BCUT2D eigenvalue weighted by molar-refractivity contribution is 6.31. The minimum Gasteiger partial charge on any atom is -0.306 e. The molecule has 0 amide bonds. The summed E-state index contributed by atoms with van der Waals surface area (Å²) < 4.78 is 0. The van der Waals surface area contributed by atoms with Crippen LogP contribution >= 0.6 is 11.6 Å². The van der Waals surface area contributed by atoms with E-state index in [1.807, 2.05) is 6.92 Å². The Labute approximate surface area is 127 Å². The van der Waals surface area contributed by atoms with Crippen molar-refractivity contribution >= 4 is 11.6 Å². The summed E-state index contributed by atoms with van der Waals surface area (Å²) in [4.78, 5) is 0. The highest BCUT2D eigenvalue weighted by atomic mass is 35.5. The smallest absolute Gasteiger partial charge is 0.0577 e. The average Bonchev–Trinajstić information content (AvgIpc) is 2.45. The summed E-state index contributed by atoms with van der Waals surface area (Å²) in [7, 11) is 0. The second kappa shape index (κ2) is 6.92. The number of hydrogen-bond donors (Lipinski definition) is 1. The molecule has 0 aliphatic heterocycles. The van der Waals surface area contributed by atoms with Gasteiger partial charge in [-0.25, -0.2) is 0 Å². The van der Waals surface area contributed by atoms with Gasteiger partial charge in [0.2, 0.25) is 0 Å². The molecule has 0 saturated heterocycles. The van der Waals surface area contributed by atoms with Gasteiger partial charge in [-0.3, -0.25) is 0 Å². The maximum atomic E-state index is 6.28. The lowest BCUT2D eigenvalue weighted by Crippen LogP contribution is -2.23. The molecule has 0 heterocycles. The second-order valence-electron chi connectivity index (χ2n) is 5.31. The zero-order valence-corrected chi connectivity index (χ0v) is 13.2. The van der Waals surface area contributed by atoms with Crippen molar-refractivity contribution in [1.82, 2.24) is 5.32 Å². The highest BCUT2D eigenvalue weighted by Crippen LogP contribution is 2.26. The van der Waals surface area contributed by atoms with Crippen LogP contribution in [-0.2, 0) is 0 Å². The predicted molar refractivity (Wildman–Crippen MR) is 87.5 cm³/mol. The Balaban J connectivity index is 2.35. The Kier molecular flexibility index (Phi) is 5.22. The molecule has 2 heteroatoms. The maximum Gasteiger partial charge on any atom is 0.0577 e. The third kappa shape index (κ3) is 3.62. The van der Waals surface area contributed by atoms with Crippen LogP contribution in [0.15, 0.2) is 42.5 Å². The Morgan fingerprint density at radius 1 is 1.00 bits per heavy atom. The molecule has 0 fully saturated rings. The van der Waals surface area contributed by atoms with Crippen LogP contribution in [0.5, 0.6) is 0 Å². The van der Waals surface area contributed by atoms with Gasteiger partial charge in [-0.15, -0.1) is 0 Å². The molecule has 0 aromatic heterocycles. The number of nitrogens with one attached hydrogen (secondary N) is 1. The number of halogens is 1. The minimum atomic E-state index is 0.202. The number of hydrogen-bond acceptors (Lipinski definition) is 1. The van der Waals surface area contributed by atoms with E-state index in [-0.39, 0.29) is 6.04 Å². The molecule has 1 unspecified atom stereocenters. The molecule has 0 spiro atoms. The van der Waals surface area contributed by atoms with Gasteiger partial charge >= 0.3 is 0 Å². The van der Waals surface area contributed by atoms with Gasteiger partial charge in [0.1, 0.15) is 0 Å². The first kappa shape index (κ1) is 15.1. The van der Waals surface area contributed by atoms with Crippen molar-refractivity contribution in [3.8, 4) is 0 Å². The molecule has 106 valence electrons. The van der Waals surface area contributed by atoms with Crippen molar-refractivity contribution in [2.24, 2.45) is 0 Å². The van der Waals surface area contributed by atoms with Crippen LogP contribution < -0.4 is 5.32 Å². The lowest BCUT2D eigenvalue weighted by Gasteiger charge is -2.20. The van der Waals surface area contributed by atoms with Crippen LogP contribution in [0.1, 0.15) is 41.6 Å². The summed E-state index contributed by atoms with van der Waals surface area (Å²) in [6.45, 7) is 7.32. The molecule has 2 rings (SSSR count). The third-order valence-corrected chi connectivity index (χ3v) is 3.95. The van der Waals surface area contributed by atoms with Crippen LogP contribution in [0, 0.1) is 13.8 Å².